The number of carbonyl (C=O) groups is 1. The Labute approximate surface area is 88.1 Å². The number of pyridine rings is 1. The molecular weight excluding hydrogens is 190 g/mol. The van der Waals surface area contributed by atoms with Crippen molar-refractivity contribution < 1.29 is 4.79 Å². The number of fused-ring (bicyclic) bond motifs is 2. The fraction of sp³-hybridized carbons (Fsp3) is 0.455. The van der Waals surface area contributed by atoms with Gasteiger partial charge in [-0.3, -0.25) is 9.78 Å². The molecule has 1 unspecified atom stereocenters. The highest BCUT2D eigenvalue weighted by Gasteiger charge is 2.48. The van der Waals surface area contributed by atoms with Crippen molar-refractivity contribution in [2.24, 2.45) is 0 Å². The van der Waals surface area contributed by atoms with Gasteiger partial charge in [0.2, 0.25) is 5.91 Å². The molecule has 15 heavy (non-hydrogen) atoms. The summed E-state index contributed by atoms with van der Waals surface area (Å²) in [6, 6.07) is 3.78. The van der Waals surface area contributed by atoms with Crippen LogP contribution in [0.15, 0.2) is 18.3 Å². The average Bonchev–Trinajstić information content (AvgIpc) is 2.55. The van der Waals surface area contributed by atoms with Gasteiger partial charge in [0.1, 0.15) is 5.41 Å². The summed E-state index contributed by atoms with van der Waals surface area (Å²) in [5.41, 5.74) is 1.39. The van der Waals surface area contributed by atoms with Crippen molar-refractivity contribution >= 4 is 11.6 Å². The number of nitrogens with zero attached hydrogens (tertiary/aromatic N) is 1. The van der Waals surface area contributed by atoms with E-state index in [1.54, 1.807) is 6.20 Å². The van der Waals surface area contributed by atoms with Crippen LogP contribution >= 0.6 is 0 Å². The van der Waals surface area contributed by atoms with Gasteiger partial charge in [-0.05, 0) is 31.5 Å². The lowest BCUT2D eigenvalue weighted by Gasteiger charge is -2.30. The number of piperidine rings is 1. The zero-order valence-electron chi connectivity index (χ0n) is 8.42. The molecule has 0 radical (unpaired) electrons. The number of carbonyl (C=O) groups excluding carboxylic acids is 1. The first-order valence-corrected chi connectivity index (χ1v) is 5.31. The lowest BCUT2D eigenvalue weighted by atomic mass is 9.78. The molecule has 3 heterocycles. The summed E-state index contributed by atoms with van der Waals surface area (Å²) >= 11 is 0. The Balaban J connectivity index is 2.11. The summed E-state index contributed by atoms with van der Waals surface area (Å²) < 4.78 is 0. The van der Waals surface area contributed by atoms with E-state index in [-0.39, 0.29) is 5.91 Å². The van der Waals surface area contributed by atoms with E-state index < -0.39 is 5.41 Å². The second kappa shape index (κ2) is 3.03. The highest BCUT2D eigenvalue weighted by molar-refractivity contribution is 6.05. The number of aromatic nitrogens is 1. The zero-order valence-corrected chi connectivity index (χ0v) is 8.42. The molecule has 4 heteroatoms. The van der Waals surface area contributed by atoms with Gasteiger partial charge >= 0.3 is 0 Å². The van der Waals surface area contributed by atoms with Gasteiger partial charge < -0.3 is 10.6 Å². The predicted molar refractivity (Wildman–Crippen MR) is 56.6 cm³/mol. The van der Waals surface area contributed by atoms with E-state index in [9.17, 15) is 4.79 Å². The third kappa shape index (κ3) is 1.11. The van der Waals surface area contributed by atoms with E-state index in [1.165, 1.54) is 0 Å². The van der Waals surface area contributed by atoms with Crippen molar-refractivity contribution in [3.05, 3.63) is 24.0 Å². The van der Waals surface area contributed by atoms with Gasteiger partial charge in [-0.25, -0.2) is 0 Å². The van der Waals surface area contributed by atoms with E-state index in [2.05, 4.69) is 15.6 Å². The number of amides is 1. The molecule has 78 valence electrons. The molecule has 1 amide bonds. The average molecular weight is 203 g/mol. The summed E-state index contributed by atoms with van der Waals surface area (Å²) in [7, 11) is 0. The van der Waals surface area contributed by atoms with Gasteiger partial charge in [0, 0.05) is 12.7 Å². The first kappa shape index (κ1) is 8.85. The number of rotatable bonds is 0. The van der Waals surface area contributed by atoms with E-state index in [0.717, 1.165) is 30.8 Å². The molecule has 2 N–H and O–H groups in total. The van der Waals surface area contributed by atoms with Crippen molar-refractivity contribution in [1.29, 1.82) is 0 Å². The van der Waals surface area contributed by atoms with Gasteiger partial charge in [0.05, 0.1) is 11.4 Å². The normalized spacial score (nSPS) is 28.9. The van der Waals surface area contributed by atoms with E-state index in [1.807, 2.05) is 12.1 Å². The number of nitrogens with one attached hydrogen (secondary N) is 2. The van der Waals surface area contributed by atoms with Crippen LogP contribution in [0.2, 0.25) is 0 Å². The van der Waals surface area contributed by atoms with Crippen molar-refractivity contribution in [3.63, 3.8) is 0 Å². The fourth-order valence-electron chi connectivity index (χ4n) is 2.54. The van der Waals surface area contributed by atoms with Crippen LogP contribution in [0.4, 0.5) is 5.69 Å². The highest BCUT2D eigenvalue weighted by atomic mass is 16.2. The Morgan fingerprint density at radius 2 is 2.40 bits per heavy atom. The van der Waals surface area contributed by atoms with E-state index in [0.29, 0.717) is 6.54 Å². The molecule has 1 aromatic heterocycles. The molecule has 1 aromatic rings. The number of hydrogen-bond acceptors (Lipinski definition) is 3. The minimum absolute atomic E-state index is 0.100. The molecule has 2 aliphatic rings. The molecule has 3 rings (SSSR count). The lowest BCUT2D eigenvalue weighted by molar-refractivity contribution is -0.121. The third-order valence-corrected chi connectivity index (χ3v) is 3.33. The van der Waals surface area contributed by atoms with Crippen LogP contribution in [0.1, 0.15) is 18.5 Å². The smallest absolute Gasteiger partial charge is 0.238 e. The first-order chi connectivity index (χ1) is 7.33. The maximum absolute atomic E-state index is 12.0. The zero-order chi connectivity index (χ0) is 10.3. The van der Waals surface area contributed by atoms with Crippen LogP contribution < -0.4 is 10.6 Å². The topological polar surface area (TPSA) is 54.0 Å². The highest BCUT2D eigenvalue weighted by Crippen LogP contribution is 2.40. The molecule has 0 bridgehead atoms. The van der Waals surface area contributed by atoms with E-state index >= 15 is 0 Å². The fourth-order valence-corrected chi connectivity index (χ4v) is 2.54. The monoisotopic (exact) mass is 203 g/mol. The van der Waals surface area contributed by atoms with Crippen LogP contribution in [0.3, 0.4) is 0 Å². The molecule has 1 atom stereocenters. The Kier molecular flexibility index (Phi) is 1.79. The Morgan fingerprint density at radius 3 is 3.20 bits per heavy atom. The molecule has 1 saturated heterocycles. The van der Waals surface area contributed by atoms with Gasteiger partial charge in [0.25, 0.3) is 0 Å². The number of hydrogen-bond donors (Lipinski definition) is 2. The van der Waals surface area contributed by atoms with Crippen LogP contribution in [0, 0.1) is 0 Å². The molecule has 0 aliphatic carbocycles. The molecule has 1 fully saturated rings. The standard InChI is InChI=1S/C11H13N3O/c15-10-11(4-2-5-12-7-11)9-8(14-10)3-1-6-13-9/h1,3,6,12H,2,4-5,7H2,(H,14,15). The van der Waals surface area contributed by atoms with Crippen LogP contribution in [-0.4, -0.2) is 24.0 Å². The van der Waals surface area contributed by atoms with Crippen molar-refractivity contribution in [3.8, 4) is 0 Å². The van der Waals surface area contributed by atoms with Gasteiger partial charge in [-0.15, -0.1) is 0 Å². The molecule has 1 spiro atoms. The van der Waals surface area contributed by atoms with Gasteiger partial charge in [0.15, 0.2) is 0 Å². The molecular formula is C11H13N3O. The van der Waals surface area contributed by atoms with Crippen LogP contribution in [0.5, 0.6) is 0 Å². The van der Waals surface area contributed by atoms with Gasteiger partial charge in [-0.2, -0.15) is 0 Å². The van der Waals surface area contributed by atoms with Crippen LogP contribution in [-0.2, 0) is 10.2 Å². The summed E-state index contributed by atoms with van der Waals surface area (Å²) in [5, 5.41) is 6.20. The maximum Gasteiger partial charge on any atom is 0.238 e. The Morgan fingerprint density at radius 1 is 1.47 bits per heavy atom. The van der Waals surface area contributed by atoms with Crippen molar-refractivity contribution in [1.82, 2.24) is 10.3 Å². The summed E-state index contributed by atoms with van der Waals surface area (Å²) in [6.45, 7) is 1.71. The van der Waals surface area contributed by atoms with Gasteiger partial charge in [-0.1, -0.05) is 0 Å². The lowest BCUT2D eigenvalue weighted by Crippen LogP contribution is -2.48. The number of anilines is 1. The van der Waals surface area contributed by atoms with Crippen molar-refractivity contribution in [2.75, 3.05) is 18.4 Å². The molecule has 2 aliphatic heterocycles. The molecule has 0 saturated carbocycles. The predicted octanol–water partition coefficient (Wildman–Crippen LogP) is 0.655. The SMILES string of the molecule is O=C1Nc2cccnc2C12CCCNC2. The van der Waals surface area contributed by atoms with Crippen molar-refractivity contribution in [2.45, 2.75) is 18.3 Å². The quantitative estimate of drug-likeness (QED) is 0.651. The largest absolute Gasteiger partial charge is 0.324 e. The third-order valence-electron chi connectivity index (χ3n) is 3.33. The first-order valence-electron chi connectivity index (χ1n) is 5.31. The second-order valence-electron chi connectivity index (χ2n) is 4.22. The minimum Gasteiger partial charge on any atom is -0.324 e. The maximum atomic E-state index is 12.0. The summed E-state index contributed by atoms with van der Waals surface area (Å²) in [4.78, 5) is 16.4. The molecule has 0 aromatic carbocycles. The summed E-state index contributed by atoms with van der Waals surface area (Å²) in [5.74, 6) is 0.100. The second-order valence-corrected chi connectivity index (χ2v) is 4.22. The summed E-state index contributed by atoms with van der Waals surface area (Å²) in [6.07, 6.45) is 3.69. The van der Waals surface area contributed by atoms with E-state index in [4.69, 9.17) is 0 Å². The Bertz CT molecular complexity index is 410. The molecule has 4 nitrogen and oxygen atoms in total. The Hall–Kier alpha value is -1.42. The van der Waals surface area contributed by atoms with Crippen LogP contribution in [0.25, 0.3) is 0 Å². The minimum atomic E-state index is -0.408.